The van der Waals surface area contributed by atoms with E-state index in [-0.39, 0.29) is 24.9 Å². The van der Waals surface area contributed by atoms with Crippen LogP contribution in [0.2, 0.25) is 0 Å². The molecule has 0 aliphatic heterocycles. The summed E-state index contributed by atoms with van der Waals surface area (Å²) in [7, 11) is 1.61. The molecule has 0 spiro atoms. The topological polar surface area (TPSA) is 70.1 Å². The van der Waals surface area contributed by atoms with Gasteiger partial charge in [0.05, 0.1) is 17.6 Å². The van der Waals surface area contributed by atoms with Gasteiger partial charge in [0.25, 0.3) is 0 Å². The largest absolute Gasteiger partial charge is 0.341 e. The zero-order chi connectivity index (χ0) is 14.4. The molecule has 0 saturated heterocycles. The molecule has 2 N–H and O–H groups in total. The number of nitrogens with two attached hydrogens (primary N) is 1. The van der Waals surface area contributed by atoms with Gasteiger partial charge in [-0.2, -0.15) is 5.26 Å². The molecule has 102 valence electrons. The van der Waals surface area contributed by atoms with Crippen LogP contribution in [0.1, 0.15) is 24.5 Å². The molecule has 0 saturated carbocycles. The Morgan fingerprint density at radius 3 is 2.79 bits per heavy atom. The number of nitriles is 1. The second-order valence-corrected chi connectivity index (χ2v) is 4.45. The van der Waals surface area contributed by atoms with E-state index in [4.69, 9.17) is 11.0 Å². The number of rotatable bonds is 5. The summed E-state index contributed by atoms with van der Waals surface area (Å²) in [5.74, 6) is -0.765. The van der Waals surface area contributed by atoms with E-state index in [1.807, 2.05) is 13.0 Å². The molecule has 1 rings (SSSR count). The van der Waals surface area contributed by atoms with Crippen LogP contribution in [0.25, 0.3) is 0 Å². The second kappa shape index (κ2) is 6.86. The predicted molar refractivity (Wildman–Crippen MR) is 70.4 cm³/mol. The maximum Gasteiger partial charge on any atom is 0.226 e. The summed E-state index contributed by atoms with van der Waals surface area (Å²) in [5.41, 5.74) is 6.24. The van der Waals surface area contributed by atoms with Crippen LogP contribution in [0.15, 0.2) is 18.2 Å². The van der Waals surface area contributed by atoms with Crippen molar-refractivity contribution in [2.45, 2.75) is 19.9 Å². The predicted octanol–water partition coefficient (Wildman–Crippen LogP) is 1.64. The van der Waals surface area contributed by atoms with Gasteiger partial charge in [0, 0.05) is 25.7 Å². The average Bonchev–Trinajstić information content (AvgIpc) is 2.42. The Balaban J connectivity index is 2.85. The molecule has 19 heavy (non-hydrogen) atoms. The maximum atomic E-state index is 13.6. The van der Waals surface area contributed by atoms with E-state index < -0.39 is 5.82 Å². The van der Waals surface area contributed by atoms with Crippen LogP contribution in [0.4, 0.5) is 4.39 Å². The lowest BCUT2D eigenvalue weighted by molar-refractivity contribution is -0.134. The van der Waals surface area contributed by atoms with Gasteiger partial charge in [-0.1, -0.05) is 6.92 Å². The first-order chi connectivity index (χ1) is 9.03. The Bertz CT molecular complexity index is 492. The van der Waals surface area contributed by atoms with Crippen LogP contribution in [0.5, 0.6) is 0 Å². The van der Waals surface area contributed by atoms with Crippen molar-refractivity contribution in [2.24, 2.45) is 11.7 Å². The van der Waals surface area contributed by atoms with Crippen molar-refractivity contribution in [1.29, 1.82) is 5.26 Å². The Morgan fingerprint density at radius 2 is 2.26 bits per heavy atom. The first-order valence-corrected chi connectivity index (χ1v) is 6.17. The molecule has 0 aliphatic rings. The normalized spacial score (nSPS) is 11.7. The summed E-state index contributed by atoms with van der Waals surface area (Å²) in [5, 5.41) is 8.79. The number of halogens is 1. The SMILES string of the molecule is CCC(CN)C(=O)N(C)Cc1cc(C#N)ccc1F. The molecule has 0 radical (unpaired) electrons. The van der Waals surface area contributed by atoms with Gasteiger partial charge in [0.15, 0.2) is 0 Å². The molecule has 1 aromatic rings. The zero-order valence-corrected chi connectivity index (χ0v) is 11.2. The van der Waals surface area contributed by atoms with Crippen LogP contribution in [0.3, 0.4) is 0 Å². The van der Waals surface area contributed by atoms with Crippen molar-refractivity contribution in [1.82, 2.24) is 4.90 Å². The number of benzene rings is 1. The lowest BCUT2D eigenvalue weighted by atomic mass is 10.0. The first-order valence-electron chi connectivity index (χ1n) is 6.17. The second-order valence-electron chi connectivity index (χ2n) is 4.45. The minimum absolute atomic E-state index is 0.105. The molecule has 0 bridgehead atoms. The van der Waals surface area contributed by atoms with Crippen molar-refractivity contribution in [3.05, 3.63) is 35.1 Å². The number of hydrogen-bond donors (Lipinski definition) is 1. The molecule has 1 unspecified atom stereocenters. The van der Waals surface area contributed by atoms with Crippen LogP contribution in [-0.2, 0) is 11.3 Å². The quantitative estimate of drug-likeness (QED) is 0.878. The third kappa shape index (κ3) is 3.76. The summed E-state index contributed by atoms with van der Waals surface area (Å²) >= 11 is 0. The van der Waals surface area contributed by atoms with E-state index in [0.29, 0.717) is 17.5 Å². The lowest BCUT2D eigenvalue weighted by Crippen LogP contribution is -2.36. The van der Waals surface area contributed by atoms with Crippen molar-refractivity contribution in [3.63, 3.8) is 0 Å². The highest BCUT2D eigenvalue weighted by Gasteiger charge is 2.19. The highest BCUT2D eigenvalue weighted by Crippen LogP contribution is 2.14. The van der Waals surface area contributed by atoms with E-state index in [1.54, 1.807) is 7.05 Å². The fourth-order valence-electron chi connectivity index (χ4n) is 1.85. The summed E-state index contributed by atoms with van der Waals surface area (Å²) in [6.45, 7) is 2.30. The van der Waals surface area contributed by atoms with Crippen LogP contribution >= 0.6 is 0 Å². The molecule has 4 nitrogen and oxygen atoms in total. The molecular weight excluding hydrogens is 245 g/mol. The monoisotopic (exact) mass is 263 g/mol. The fourth-order valence-corrected chi connectivity index (χ4v) is 1.85. The van der Waals surface area contributed by atoms with Crippen LogP contribution < -0.4 is 5.73 Å². The lowest BCUT2D eigenvalue weighted by Gasteiger charge is -2.22. The van der Waals surface area contributed by atoms with Gasteiger partial charge >= 0.3 is 0 Å². The van der Waals surface area contributed by atoms with Crippen LogP contribution in [-0.4, -0.2) is 24.4 Å². The van der Waals surface area contributed by atoms with E-state index in [0.717, 1.165) is 0 Å². The number of carbonyl (C=O) groups excluding carboxylic acids is 1. The van der Waals surface area contributed by atoms with E-state index in [1.165, 1.54) is 23.1 Å². The number of carbonyl (C=O) groups is 1. The molecule has 1 atom stereocenters. The van der Waals surface area contributed by atoms with Gasteiger partial charge in [-0.25, -0.2) is 4.39 Å². The van der Waals surface area contributed by atoms with Crippen molar-refractivity contribution >= 4 is 5.91 Å². The van der Waals surface area contributed by atoms with Crippen molar-refractivity contribution in [2.75, 3.05) is 13.6 Å². The maximum absolute atomic E-state index is 13.6. The van der Waals surface area contributed by atoms with Crippen molar-refractivity contribution in [3.8, 4) is 6.07 Å². The summed E-state index contributed by atoms with van der Waals surface area (Å²) in [6, 6.07) is 6.07. The summed E-state index contributed by atoms with van der Waals surface area (Å²) in [4.78, 5) is 13.5. The molecule has 1 amide bonds. The molecule has 0 heterocycles. The van der Waals surface area contributed by atoms with Gasteiger partial charge in [0.1, 0.15) is 5.82 Å². The Hall–Kier alpha value is -1.93. The van der Waals surface area contributed by atoms with E-state index in [2.05, 4.69) is 0 Å². The third-order valence-corrected chi connectivity index (χ3v) is 3.09. The van der Waals surface area contributed by atoms with Crippen LogP contribution in [0, 0.1) is 23.1 Å². The van der Waals surface area contributed by atoms with Gasteiger partial charge in [-0.05, 0) is 24.6 Å². The molecule has 0 fully saturated rings. The molecular formula is C14H18FN3O. The summed E-state index contributed by atoms with van der Waals surface area (Å²) in [6.07, 6.45) is 0.653. The van der Waals surface area contributed by atoms with Gasteiger partial charge in [0.2, 0.25) is 5.91 Å². The minimum atomic E-state index is -0.417. The highest BCUT2D eigenvalue weighted by atomic mass is 19.1. The van der Waals surface area contributed by atoms with Gasteiger partial charge in [-0.3, -0.25) is 4.79 Å². The average molecular weight is 263 g/mol. The molecule has 1 aromatic carbocycles. The molecule has 0 aliphatic carbocycles. The highest BCUT2D eigenvalue weighted by molar-refractivity contribution is 5.78. The minimum Gasteiger partial charge on any atom is -0.341 e. The number of amides is 1. The number of nitrogens with zero attached hydrogens (tertiary/aromatic N) is 2. The fraction of sp³-hybridized carbons (Fsp3) is 0.429. The van der Waals surface area contributed by atoms with E-state index in [9.17, 15) is 9.18 Å². The number of hydrogen-bond acceptors (Lipinski definition) is 3. The zero-order valence-electron chi connectivity index (χ0n) is 11.2. The Morgan fingerprint density at radius 1 is 1.58 bits per heavy atom. The first kappa shape index (κ1) is 15.1. The smallest absolute Gasteiger partial charge is 0.226 e. The summed E-state index contributed by atoms with van der Waals surface area (Å²) < 4.78 is 13.6. The standard InChI is InChI=1S/C14H18FN3O/c1-3-11(8-17)14(19)18(2)9-12-6-10(7-16)4-5-13(12)15/h4-6,11H,3,8-9,17H2,1-2H3. The Kier molecular flexibility index (Phi) is 5.46. The van der Waals surface area contributed by atoms with E-state index >= 15 is 0 Å². The van der Waals surface area contributed by atoms with Crippen molar-refractivity contribution < 1.29 is 9.18 Å². The van der Waals surface area contributed by atoms with Gasteiger partial charge in [-0.15, -0.1) is 0 Å². The molecule has 5 heteroatoms. The Labute approximate surface area is 112 Å². The van der Waals surface area contributed by atoms with Gasteiger partial charge < -0.3 is 10.6 Å². The molecule has 0 aromatic heterocycles. The third-order valence-electron chi connectivity index (χ3n) is 3.09.